The maximum absolute atomic E-state index is 12.7. The fourth-order valence-corrected chi connectivity index (χ4v) is 2.82. The van der Waals surface area contributed by atoms with Crippen molar-refractivity contribution in [2.45, 2.75) is 18.9 Å². The standard InChI is InChI=1S/C15H13ClN4O/c1-19-11-6-7-12(16)18-14(11)20(9-4-5-9)13-10(15(19)21)3-2-8-17-13/h2-3,6-9H,4-5H2,1H3. The van der Waals surface area contributed by atoms with Crippen molar-refractivity contribution in [2.24, 2.45) is 0 Å². The number of hydrogen-bond donors (Lipinski definition) is 0. The Hall–Kier alpha value is -2.14. The average molecular weight is 301 g/mol. The highest BCUT2D eigenvalue weighted by atomic mass is 35.5. The minimum atomic E-state index is -0.0772. The molecular weight excluding hydrogens is 288 g/mol. The summed E-state index contributed by atoms with van der Waals surface area (Å²) in [6.07, 6.45) is 3.85. The first-order chi connectivity index (χ1) is 10.2. The second-order valence-electron chi connectivity index (χ2n) is 5.32. The summed E-state index contributed by atoms with van der Waals surface area (Å²) in [5, 5.41) is 0.416. The first-order valence-corrected chi connectivity index (χ1v) is 7.23. The molecule has 0 bridgehead atoms. The molecule has 2 aromatic rings. The molecule has 0 aromatic carbocycles. The van der Waals surface area contributed by atoms with Gasteiger partial charge in [-0.3, -0.25) is 4.79 Å². The molecule has 106 valence electrons. The Morgan fingerprint density at radius 3 is 2.81 bits per heavy atom. The van der Waals surface area contributed by atoms with Crippen molar-refractivity contribution in [3.8, 4) is 0 Å². The predicted octanol–water partition coefficient (Wildman–Crippen LogP) is 3.02. The molecule has 0 spiro atoms. The quantitative estimate of drug-likeness (QED) is 0.760. The van der Waals surface area contributed by atoms with Crippen molar-refractivity contribution >= 4 is 34.8 Å². The van der Waals surface area contributed by atoms with Gasteiger partial charge in [-0.1, -0.05) is 11.6 Å². The van der Waals surface area contributed by atoms with Crippen molar-refractivity contribution < 1.29 is 4.79 Å². The Bertz CT molecular complexity index is 744. The molecule has 0 atom stereocenters. The number of fused-ring (bicyclic) bond motifs is 2. The zero-order valence-corrected chi connectivity index (χ0v) is 12.2. The number of aromatic nitrogens is 2. The number of pyridine rings is 2. The van der Waals surface area contributed by atoms with Crippen LogP contribution in [-0.2, 0) is 0 Å². The van der Waals surface area contributed by atoms with Gasteiger partial charge in [0.05, 0.1) is 11.3 Å². The Kier molecular flexibility index (Phi) is 2.65. The highest BCUT2D eigenvalue weighted by molar-refractivity contribution is 6.29. The van der Waals surface area contributed by atoms with Gasteiger partial charge in [0.25, 0.3) is 5.91 Å². The molecule has 21 heavy (non-hydrogen) atoms. The minimum Gasteiger partial charge on any atom is -0.308 e. The monoisotopic (exact) mass is 300 g/mol. The van der Waals surface area contributed by atoms with Gasteiger partial charge in [-0.15, -0.1) is 0 Å². The van der Waals surface area contributed by atoms with Crippen LogP contribution in [0.25, 0.3) is 0 Å². The smallest absolute Gasteiger partial charge is 0.261 e. The van der Waals surface area contributed by atoms with Crippen LogP contribution in [-0.4, -0.2) is 29.0 Å². The van der Waals surface area contributed by atoms with Crippen LogP contribution in [0.15, 0.2) is 30.5 Å². The van der Waals surface area contributed by atoms with Crippen LogP contribution in [0.2, 0.25) is 5.15 Å². The SMILES string of the molecule is CN1C(=O)c2cccnc2N(C2CC2)c2nc(Cl)ccc21. The molecule has 1 saturated carbocycles. The van der Waals surface area contributed by atoms with Crippen molar-refractivity contribution in [1.29, 1.82) is 0 Å². The molecule has 0 N–H and O–H groups in total. The van der Waals surface area contributed by atoms with Crippen LogP contribution >= 0.6 is 11.6 Å². The van der Waals surface area contributed by atoms with Gasteiger partial charge in [-0.05, 0) is 37.1 Å². The topological polar surface area (TPSA) is 49.3 Å². The second-order valence-corrected chi connectivity index (χ2v) is 5.70. The third-order valence-electron chi connectivity index (χ3n) is 3.87. The number of amides is 1. The van der Waals surface area contributed by atoms with E-state index >= 15 is 0 Å². The molecule has 5 nitrogen and oxygen atoms in total. The number of carbonyl (C=O) groups is 1. The van der Waals surface area contributed by atoms with E-state index in [4.69, 9.17) is 11.6 Å². The summed E-state index contributed by atoms with van der Waals surface area (Å²) in [7, 11) is 1.75. The summed E-state index contributed by atoms with van der Waals surface area (Å²) in [5.41, 5.74) is 1.36. The fourth-order valence-electron chi connectivity index (χ4n) is 2.68. The molecule has 0 radical (unpaired) electrons. The normalized spacial score (nSPS) is 17.3. The lowest BCUT2D eigenvalue weighted by atomic mass is 10.2. The molecule has 6 heteroatoms. The fraction of sp³-hybridized carbons (Fsp3) is 0.267. The first kappa shape index (κ1) is 12.6. The average Bonchev–Trinajstić information content (AvgIpc) is 3.31. The molecule has 1 aliphatic carbocycles. The maximum atomic E-state index is 12.7. The zero-order valence-electron chi connectivity index (χ0n) is 11.5. The summed E-state index contributed by atoms with van der Waals surface area (Å²) in [6, 6.07) is 7.47. The summed E-state index contributed by atoms with van der Waals surface area (Å²) < 4.78 is 0. The van der Waals surface area contributed by atoms with Gasteiger partial charge < -0.3 is 9.80 Å². The molecule has 2 aromatic heterocycles. The van der Waals surface area contributed by atoms with Gasteiger partial charge in [0.1, 0.15) is 11.0 Å². The van der Waals surface area contributed by atoms with Gasteiger partial charge in [0.15, 0.2) is 5.82 Å². The van der Waals surface area contributed by atoms with Crippen LogP contribution in [0.5, 0.6) is 0 Å². The van der Waals surface area contributed by atoms with Gasteiger partial charge in [0.2, 0.25) is 0 Å². The zero-order chi connectivity index (χ0) is 14.6. The van der Waals surface area contributed by atoms with E-state index in [0.717, 1.165) is 18.5 Å². The lowest BCUT2D eigenvalue weighted by Crippen LogP contribution is -2.25. The van der Waals surface area contributed by atoms with Crippen molar-refractivity contribution in [1.82, 2.24) is 9.97 Å². The lowest BCUT2D eigenvalue weighted by molar-refractivity contribution is 0.0994. The van der Waals surface area contributed by atoms with Gasteiger partial charge in [-0.2, -0.15) is 0 Å². The Morgan fingerprint density at radius 2 is 2.05 bits per heavy atom. The number of hydrogen-bond acceptors (Lipinski definition) is 4. The summed E-state index contributed by atoms with van der Waals surface area (Å²) >= 11 is 6.07. The van der Waals surface area contributed by atoms with Crippen molar-refractivity contribution in [2.75, 3.05) is 16.8 Å². The summed E-state index contributed by atoms with van der Waals surface area (Å²) in [5.74, 6) is 1.30. The largest absolute Gasteiger partial charge is 0.308 e. The number of anilines is 3. The van der Waals surface area contributed by atoms with E-state index < -0.39 is 0 Å². The van der Waals surface area contributed by atoms with Crippen LogP contribution < -0.4 is 9.80 Å². The van der Waals surface area contributed by atoms with Gasteiger partial charge in [0, 0.05) is 19.3 Å². The molecule has 0 saturated heterocycles. The molecule has 2 aliphatic rings. The molecule has 1 aliphatic heterocycles. The van der Waals surface area contributed by atoms with Crippen LogP contribution in [0.4, 0.5) is 17.3 Å². The highest BCUT2D eigenvalue weighted by Crippen LogP contribution is 2.44. The van der Waals surface area contributed by atoms with Crippen molar-refractivity contribution in [3.63, 3.8) is 0 Å². The third-order valence-corrected chi connectivity index (χ3v) is 4.08. The van der Waals surface area contributed by atoms with Crippen LogP contribution in [0.1, 0.15) is 23.2 Å². The maximum Gasteiger partial charge on any atom is 0.261 e. The van der Waals surface area contributed by atoms with Gasteiger partial charge >= 0.3 is 0 Å². The summed E-state index contributed by atoms with van der Waals surface area (Å²) in [6.45, 7) is 0. The number of carbonyl (C=O) groups excluding carboxylic acids is 1. The number of nitrogens with zero attached hydrogens (tertiary/aromatic N) is 4. The molecule has 0 unspecified atom stereocenters. The van der Waals surface area contributed by atoms with E-state index in [9.17, 15) is 4.79 Å². The van der Waals surface area contributed by atoms with Crippen LogP contribution in [0.3, 0.4) is 0 Å². The third kappa shape index (κ3) is 1.88. The van der Waals surface area contributed by atoms with E-state index in [-0.39, 0.29) is 5.91 Å². The van der Waals surface area contributed by atoms with E-state index in [0.29, 0.717) is 28.4 Å². The van der Waals surface area contributed by atoms with Crippen molar-refractivity contribution in [3.05, 3.63) is 41.2 Å². The Morgan fingerprint density at radius 1 is 1.24 bits per heavy atom. The van der Waals surface area contributed by atoms with Gasteiger partial charge in [-0.25, -0.2) is 9.97 Å². The molecule has 1 fully saturated rings. The van der Waals surface area contributed by atoms with E-state index in [1.807, 2.05) is 12.1 Å². The Balaban J connectivity index is 2.02. The lowest BCUT2D eigenvalue weighted by Gasteiger charge is -2.24. The molecule has 4 rings (SSSR count). The molecule has 1 amide bonds. The predicted molar refractivity (Wildman–Crippen MR) is 81.4 cm³/mol. The number of rotatable bonds is 1. The summed E-state index contributed by atoms with van der Waals surface area (Å²) in [4.78, 5) is 25.2. The second kappa shape index (κ2) is 4.43. The van der Waals surface area contributed by atoms with E-state index in [1.165, 1.54) is 0 Å². The minimum absolute atomic E-state index is 0.0772. The van der Waals surface area contributed by atoms with E-state index in [2.05, 4.69) is 14.9 Å². The first-order valence-electron chi connectivity index (χ1n) is 6.85. The van der Waals surface area contributed by atoms with Crippen LogP contribution in [0, 0.1) is 0 Å². The highest BCUT2D eigenvalue weighted by Gasteiger charge is 2.39. The molecular formula is C15H13ClN4O. The number of halogens is 1. The molecule has 3 heterocycles. The Labute approximate surface area is 127 Å². The van der Waals surface area contributed by atoms with E-state index in [1.54, 1.807) is 30.3 Å².